The van der Waals surface area contributed by atoms with E-state index < -0.39 is 0 Å². The Kier molecular flexibility index (Phi) is 5.83. The summed E-state index contributed by atoms with van der Waals surface area (Å²) < 4.78 is 12.6. The maximum Gasteiger partial charge on any atom is 0.103 e. The molecule has 3 heteroatoms. The van der Waals surface area contributed by atoms with E-state index in [1.54, 1.807) is 0 Å². The number of para-hydroxylation sites is 1. The molecule has 1 heterocycles. The number of hydrogen-bond donors (Lipinski definition) is 0. The van der Waals surface area contributed by atoms with Crippen LogP contribution in [0.15, 0.2) is 91.0 Å². The first-order chi connectivity index (χ1) is 13.4. The quantitative estimate of drug-likeness (QED) is 0.611. The smallest absolute Gasteiger partial charge is 0.103 e. The molecule has 0 saturated carbocycles. The number of ether oxygens (including phenoxy) is 2. The Hall–Kier alpha value is -2.62. The number of nitrogens with zero attached hydrogens (tertiary/aromatic N) is 1. The van der Waals surface area contributed by atoms with E-state index in [1.807, 2.05) is 42.5 Å². The molecule has 0 radical (unpaired) electrons. The Morgan fingerprint density at radius 2 is 1.00 bits per heavy atom. The topological polar surface area (TPSA) is 21.7 Å². The zero-order valence-corrected chi connectivity index (χ0v) is 15.4. The van der Waals surface area contributed by atoms with Crippen LogP contribution in [0.25, 0.3) is 0 Å². The number of anilines is 1. The fourth-order valence-corrected chi connectivity index (χ4v) is 3.47. The van der Waals surface area contributed by atoms with Crippen molar-refractivity contribution in [1.29, 1.82) is 0 Å². The highest BCUT2D eigenvalue weighted by atomic mass is 16.5. The van der Waals surface area contributed by atoms with Gasteiger partial charge in [0.05, 0.1) is 13.2 Å². The summed E-state index contributed by atoms with van der Waals surface area (Å²) in [4.78, 5) is 2.35. The molecule has 27 heavy (non-hydrogen) atoms. The van der Waals surface area contributed by atoms with Crippen molar-refractivity contribution in [2.45, 2.75) is 25.4 Å². The summed E-state index contributed by atoms with van der Waals surface area (Å²) >= 11 is 0. The van der Waals surface area contributed by atoms with Crippen LogP contribution in [0.1, 0.15) is 11.1 Å². The van der Waals surface area contributed by atoms with Crippen LogP contribution < -0.4 is 4.90 Å². The van der Waals surface area contributed by atoms with E-state index in [-0.39, 0.29) is 12.2 Å². The van der Waals surface area contributed by atoms with Gasteiger partial charge in [0.2, 0.25) is 0 Å². The summed E-state index contributed by atoms with van der Waals surface area (Å²) in [7, 11) is 0. The highest BCUT2D eigenvalue weighted by molar-refractivity contribution is 5.47. The second-order valence-electron chi connectivity index (χ2n) is 6.91. The molecule has 3 nitrogen and oxygen atoms in total. The summed E-state index contributed by atoms with van der Waals surface area (Å²) in [6.45, 7) is 2.91. The van der Waals surface area contributed by atoms with Gasteiger partial charge in [-0.1, -0.05) is 78.9 Å². The van der Waals surface area contributed by atoms with Gasteiger partial charge in [0, 0.05) is 18.8 Å². The lowest BCUT2D eigenvalue weighted by Gasteiger charge is -2.19. The molecule has 2 atom stereocenters. The Labute approximate surface area is 161 Å². The third kappa shape index (κ3) is 4.76. The van der Waals surface area contributed by atoms with Crippen LogP contribution >= 0.6 is 0 Å². The van der Waals surface area contributed by atoms with Crippen LogP contribution in [0, 0.1) is 0 Å². The van der Waals surface area contributed by atoms with Gasteiger partial charge in [0.15, 0.2) is 0 Å². The summed E-state index contributed by atoms with van der Waals surface area (Å²) in [6, 6.07) is 31.2. The Morgan fingerprint density at radius 3 is 1.44 bits per heavy atom. The van der Waals surface area contributed by atoms with Gasteiger partial charge < -0.3 is 14.4 Å². The zero-order chi connectivity index (χ0) is 18.3. The van der Waals surface area contributed by atoms with Gasteiger partial charge in [-0.05, 0) is 23.3 Å². The normalized spacial score (nSPS) is 19.3. The predicted octanol–water partition coefficient (Wildman–Crippen LogP) is 4.68. The molecule has 0 aromatic heterocycles. The fourth-order valence-electron chi connectivity index (χ4n) is 3.47. The first-order valence-corrected chi connectivity index (χ1v) is 9.49. The fraction of sp³-hybridized carbons (Fsp3) is 0.250. The van der Waals surface area contributed by atoms with Crippen molar-refractivity contribution in [1.82, 2.24) is 0 Å². The van der Waals surface area contributed by atoms with Crippen LogP contribution in [0.3, 0.4) is 0 Å². The number of benzene rings is 3. The van der Waals surface area contributed by atoms with Crippen molar-refractivity contribution < 1.29 is 9.47 Å². The van der Waals surface area contributed by atoms with E-state index in [9.17, 15) is 0 Å². The molecule has 1 saturated heterocycles. The van der Waals surface area contributed by atoms with Crippen LogP contribution in [0.4, 0.5) is 5.69 Å². The molecular weight excluding hydrogens is 334 g/mol. The molecule has 1 aliphatic heterocycles. The molecule has 138 valence electrons. The van der Waals surface area contributed by atoms with Gasteiger partial charge in [-0.2, -0.15) is 0 Å². The highest BCUT2D eigenvalue weighted by Crippen LogP contribution is 2.25. The lowest BCUT2D eigenvalue weighted by Crippen LogP contribution is -2.29. The van der Waals surface area contributed by atoms with Crippen LogP contribution in [0.5, 0.6) is 0 Å². The molecule has 0 bridgehead atoms. The lowest BCUT2D eigenvalue weighted by molar-refractivity contribution is -0.0591. The molecule has 4 rings (SSSR count). The molecule has 3 aromatic rings. The van der Waals surface area contributed by atoms with E-state index in [2.05, 4.69) is 53.4 Å². The first-order valence-electron chi connectivity index (χ1n) is 9.49. The van der Waals surface area contributed by atoms with Gasteiger partial charge in [0.25, 0.3) is 0 Å². The summed E-state index contributed by atoms with van der Waals surface area (Å²) in [5, 5.41) is 0. The Morgan fingerprint density at radius 1 is 0.593 bits per heavy atom. The first kappa shape index (κ1) is 17.8. The second kappa shape index (κ2) is 8.85. The van der Waals surface area contributed by atoms with E-state index in [0.29, 0.717) is 13.2 Å². The van der Waals surface area contributed by atoms with Crippen molar-refractivity contribution in [2.24, 2.45) is 0 Å². The monoisotopic (exact) mass is 359 g/mol. The largest absolute Gasteiger partial charge is 0.369 e. The maximum absolute atomic E-state index is 6.28. The number of rotatable bonds is 7. The van der Waals surface area contributed by atoms with Crippen LogP contribution in [-0.4, -0.2) is 25.3 Å². The van der Waals surface area contributed by atoms with Crippen LogP contribution in [-0.2, 0) is 22.7 Å². The molecule has 3 aromatic carbocycles. The molecule has 1 fully saturated rings. The maximum atomic E-state index is 6.28. The molecule has 0 aliphatic carbocycles. The Bertz CT molecular complexity index is 756. The number of hydrogen-bond acceptors (Lipinski definition) is 3. The van der Waals surface area contributed by atoms with Crippen LogP contribution in [0.2, 0.25) is 0 Å². The minimum absolute atomic E-state index is 0.0501. The zero-order valence-electron chi connectivity index (χ0n) is 15.4. The van der Waals surface area contributed by atoms with E-state index in [1.165, 1.54) is 16.8 Å². The summed E-state index contributed by atoms with van der Waals surface area (Å²) in [5.74, 6) is 0. The van der Waals surface area contributed by atoms with Crippen molar-refractivity contribution in [2.75, 3.05) is 18.0 Å². The minimum atomic E-state index is 0.0501. The van der Waals surface area contributed by atoms with Gasteiger partial charge in [-0.3, -0.25) is 0 Å². The third-order valence-electron chi connectivity index (χ3n) is 4.95. The molecule has 0 amide bonds. The molecular formula is C24H25NO2. The standard InChI is InChI=1S/C24H25NO2/c1-4-10-20(11-5-1)18-26-23-16-25(22-14-8-3-9-15-22)17-24(23)27-19-21-12-6-2-7-13-21/h1-15,23-24H,16-19H2/t23-,24-/m0/s1. The van der Waals surface area contributed by atoms with E-state index in [0.717, 1.165) is 13.1 Å². The van der Waals surface area contributed by atoms with Gasteiger partial charge >= 0.3 is 0 Å². The summed E-state index contributed by atoms with van der Waals surface area (Å²) in [5.41, 5.74) is 3.60. The molecule has 0 spiro atoms. The van der Waals surface area contributed by atoms with Crippen molar-refractivity contribution >= 4 is 5.69 Å². The van der Waals surface area contributed by atoms with E-state index >= 15 is 0 Å². The van der Waals surface area contributed by atoms with Crippen molar-refractivity contribution in [3.05, 3.63) is 102 Å². The molecule has 0 N–H and O–H groups in total. The van der Waals surface area contributed by atoms with E-state index in [4.69, 9.17) is 9.47 Å². The lowest BCUT2D eigenvalue weighted by atomic mass is 10.2. The van der Waals surface area contributed by atoms with Gasteiger partial charge in [0.1, 0.15) is 12.2 Å². The molecule has 1 aliphatic rings. The Balaban J connectivity index is 1.43. The van der Waals surface area contributed by atoms with Gasteiger partial charge in [-0.15, -0.1) is 0 Å². The average molecular weight is 359 g/mol. The molecule has 0 unspecified atom stereocenters. The minimum Gasteiger partial charge on any atom is -0.369 e. The highest BCUT2D eigenvalue weighted by Gasteiger charge is 2.34. The SMILES string of the molecule is c1ccc(CO[C@H]2CN(c3ccccc3)C[C@@H]2OCc2ccccc2)cc1. The van der Waals surface area contributed by atoms with Gasteiger partial charge in [-0.25, -0.2) is 0 Å². The summed E-state index contributed by atoms with van der Waals surface area (Å²) in [6.07, 6.45) is 0.100. The predicted molar refractivity (Wildman–Crippen MR) is 109 cm³/mol. The average Bonchev–Trinajstić information content (AvgIpc) is 3.16. The van der Waals surface area contributed by atoms with Crippen molar-refractivity contribution in [3.63, 3.8) is 0 Å². The third-order valence-corrected chi connectivity index (χ3v) is 4.95. The second-order valence-corrected chi connectivity index (χ2v) is 6.91. The van der Waals surface area contributed by atoms with Crippen molar-refractivity contribution in [3.8, 4) is 0 Å².